The van der Waals surface area contributed by atoms with Gasteiger partial charge in [-0.3, -0.25) is 9.59 Å². The fourth-order valence-corrected chi connectivity index (χ4v) is 3.69. The lowest BCUT2D eigenvalue weighted by atomic mass is 10.0. The zero-order chi connectivity index (χ0) is 19.0. The van der Waals surface area contributed by atoms with E-state index in [-0.39, 0.29) is 17.6 Å². The number of nitrogens with zero attached hydrogens (tertiary/aromatic N) is 1. The van der Waals surface area contributed by atoms with Crippen LogP contribution in [0.25, 0.3) is 0 Å². The first kappa shape index (κ1) is 17.3. The molecule has 3 aromatic rings. The van der Waals surface area contributed by atoms with E-state index in [4.69, 9.17) is 0 Å². The molecule has 4 heteroatoms. The van der Waals surface area contributed by atoms with Crippen molar-refractivity contribution in [3.8, 4) is 0 Å². The lowest BCUT2D eigenvalue weighted by Crippen LogP contribution is -2.19. The van der Waals surface area contributed by atoms with Crippen LogP contribution in [0.2, 0.25) is 0 Å². The van der Waals surface area contributed by atoms with E-state index in [9.17, 15) is 9.59 Å². The predicted molar refractivity (Wildman–Crippen MR) is 106 cm³/mol. The Morgan fingerprint density at radius 2 is 1.74 bits per heavy atom. The highest BCUT2D eigenvalue weighted by Crippen LogP contribution is 2.32. The Hall–Kier alpha value is -3.14. The first-order valence-electron chi connectivity index (χ1n) is 9.22. The van der Waals surface area contributed by atoms with Crippen LogP contribution >= 0.6 is 0 Å². The van der Waals surface area contributed by atoms with Crippen LogP contribution in [0.5, 0.6) is 0 Å². The first-order valence-corrected chi connectivity index (χ1v) is 9.22. The Morgan fingerprint density at radius 1 is 0.963 bits per heavy atom. The smallest absolute Gasteiger partial charge is 0.233 e. The van der Waals surface area contributed by atoms with E-state index in [0.717, 1.165) is 16.9 Å². The Labute approximate surface area is 158 Å². The van der Waals surface area contributed by atoms with Gasteiger partial charge in [-0.15, -0.1) is 0 Å². The third-order valence-electron chi connectivity index (χ3n) is 5.37. The zero-order valence-electron chi connectivity index (χ0n) is 15.5. The van der Waals surface area contributed by atoms with Gasteiger partial charge in [-0.1, -0.05) is 36.4 Å². The van der Waals surface area contributed by atoms with E-state index in [1.54, 1.807) is 0 Å². The standard InChI is InChI=1S/C23H22N2O2/c1-15-8-9-18(14-16(15)2)24-23(27)19-12-13-25-20(19)10-11-21(25)22(26)17-6-4-3-5-7-17/h3-11,14,19H,12-13H2,1-2H3,(H,24,27)/t19-/m0/s1. The van der Waals surface area contributed by atoms with Crippen molar-refractivity contribution in [2.75, 3.05) is 5.32 Å². The van der Waals surface area contributed by atoms with Gasteiger partial charge in [0, 0.05) is 23.5 Å². The van der Waals surface area contributed by atoms with Gasteiger partial charge in [0.25, 0.3) is 0 Å². The number of hydrogen-bond acceptors (Lipinski definition) is 2. The number of ketones is 1. The highest BCUT2D eigenvalue weighted by atomic mass is 16.2. The maximum Gasteiger partial charge on any atom is 0.233 e. The van der Waals surface area contributed by atoms with Crippen LogP contribution in [0.3, 0.4) is 0 Å². The number of carbonyl (C=O) groups is 2. The summed E-state index contributed by atoms with van der Waals surface area (Å²) < 4.78 is 1.99. The van der Waals surface area contributed by atoms with E-state index in [2.05, 4.69) is 12.2 Å². The maximum atomic E-state index is 12.8. The van der Waals surface area contributed by atoms with Gasteiger partial charge in [0.1, 0.15) is 0 Å². The van der Waals surface area contributed by atoms with Crippen LogP contribution in [0.4, 0.5) is 5.69 Å². The minimum atomic E-state index is -0.232. The van der Waals surface area contributed by atoms with E-state index in [1.165, 1.54) is 5.56 Å². The summed E-state index contributed by atoms with van der Waals surface area (Å²) in [6, 6.07) is 18.9. The number of anilines is 1. The molecule has 0 aliphatic carbocycles. The van der Waals surface area contributed by atoms with Crippen molar-refractivity contribution in [3.63, 3.8) is 0 Å². The van der Waals surface area contributed by atoms with Crippen molar-refractivity contribution in [1.29, 1.82) is 0 Å². The number of amides is 1. The molecule has 1 N–H and O–H groups in total. The molecule has 1 aromatic heterocycles. The molecule has 4 rings (SSSR count). The summed E-state index contributed by atoms with van der Waals surface area (Å²) in [5.74, 6) is -0.255. The number of aromatic nitrogens is 1. The monoisotopic (exact) mass is 358 g/mol. The van der Waals surface area contributed by atoms with Gasteiger partial charge in [0.15, 0.2) is 0 Å². The summed E-state index contributed by atoms with van der Waals surface area (Å²) in [5, 5.41) is 3.03. The highest BCUT2D eigenvalue weighted by molar-refractivity contribution is 6.08. The van der Waals surface area contributed by atoms with Crippen LogP contribution < -0.4 is 5.32 Å². The largest absolute Gasteiger partial charge is 0.341 e. The van der Waals surface area contributed by atoms with E-state index >= 15 is 0 Å². The van der Waals surface area contributed by atoms with Crippen molar-refractivity contribution in [1.82, 2.24) is 4.57 Å². The van der Waals surface area contributed by atoms with Crippen molar-refractivity contribution in [2.24, 2.45) is 0 Å². The number of hydrogen-bond donors (Lipinski definition) is 1. The second kappa shape index (κ2) is 6.88. The molecule has 2 aromatic carbocycles. The van der Waals surface area contributed by atoms with Gasteiger partial charge in [0.05, 0.1) is 11.6 Å². The quantitative estimate of drug-likeness (QED) is 0.700. The van der Waals surface area contributed by atoms with E-state index < -0.39 is 0 Å². The Bertz CT molecular complexity index is 1020. The maximum absolute atomic E-state index is 12.8. The van der Waals surface area contributed by atoms with Gasteiger partial charge in [-0.2, -0.15) is 0 Å². The second-order valence-corrected chi connectivity index (χ2v) is 7.12. The predicted octanol–water partition coefficient (Wildman–Crippen LogP) is 4.46. The molecule has 0 saturated heterocycles. The number of benzene rings is 2. The fraction of sp³-hybridized carbons (Fsp3) is 0.217. The average molecular weight is 358 g/mol. The van der Waals surface area contributed by atoms with E-state index in [1.807, 2.05) is 72.2 Å². The summed E-state index contributed by atoms with van der Waals surface area (Å²) in [6.07, 6.45) is 0.710. The van der Waals surface area contributed by atoms with Gasteiger partial charge in [-0.05, 0) is 55.7 Å². The number of carbonyl (C=O) groups excluding carboxylic acids is 2. The molecular weight excluding hydrogens is 336 g/mol. The van der Waals surface area contributed by atoms with Crippen molar-refractivity contribution in [2.45, 2.75) is 32.7 Å². The molecular formula is C23H22N2O2. The SMILES string of the molecule is Cc1ccc(NC(=O)[C@H]2CCn3c(C(=O)c4ccccc4)ccc32)cc1C. The number of rotatable bonds is 4. The highest BCUT2D eigenvalue weighted by Gasteiger charge is 2.32. The topological polar surface area (TPSA) is 51.1 Å². The van der Waals surface area contributed by atoms with Crippen molar-refractivity contribution >= 4 is 17.4 Å². The number of nitrogens with one attached hydrogen (secondary N) is 1. The van der Waals surface area contributed by atoms with Gasteiger partial charge < -0.3 is 9.88 Å². The molecule has 1 atom stereocenters. The lowest BCUT2D eigenvalue weighted by molar-refractivity contribution is -0.117. The fourth-order valence-electron chi connectivity index (χ4n) is 3.69. The molecule has 0 spiro atoms. The summed E-state index contributed by atoms with van der Waals surface area (Å²) in [5.41, 5.74) is 5.40. The molecule has 2 heterocycles. The average Bonchev–Trinajstić information content (AvgIpc) is 3.27. The zero-order valence-corrected chi connectivity index (χ0v) is 15.5. The number of fused-ring (bicyclic) bond motifs is 1. The van der Waals surface area contributed by atoms with Crippen molar-refractivity contribution < 1.29 is 9.59 Å². The summed E-state index contributed by atoms with van der Waals surface area (Å²) >= 11 is 0. The molecule has 0 unspecified atom stereocenters. The van der Waals surface area contributed by atoms with Crippen LogP contribution in [-0.4, -0.2) is 16.3 Å². The van der Waals surface area contributed by atoms with Crippen LogP contribution in [-0.2, 0) is 11.3 Å². The molecule has 1 amide bonds. The Kier molecular flexibility index (Phi) is 4.40. The number of aryl methyl sites for hydroxylation is 2. The van der Waals surface area contributed by atoms with Crippen LogP contribution in [0.15, 0.2) is 60.7 Å². The molecule has 0 fully saturated rings. The summed E-state index contributed by atoms with van der Waals surface area (Å²) in [7, 11) is 0. The lowest BCUT2D eigenvalue weighted by Gasteiger charge is -2.12. The van der Waals surface area contributed by atoms with Crippen LogP contribution in [0.1, 0.15) is 45.2 Å². The minimum absolute atomic E-state index is 0.00272. The first-order chi connectivity index (χ1) is 13.0. The van der Waals surface area contributed by atoms with Gasteiger partial charge >= 0.3 is 0 Å². The minimum Gasteiger partial charge on any atom is -0.341 e. The molecule has 4 nitrogen and oxygen atoms in total. The summed E-state index contributed by atoms with van der Waals surface area (Å²) in [4.78, 5) is 25.6. The van der Waals surface area contributed by atoms with Gasteiger partial charge in [0.2, 0.25) is 11.7 Å². The van der Waals surface area contributed by atoms with E-state index in [0.29, 0.717) is 24.2 Å². The Morgan fingerprint density at radius 3 is 2.48 bits per heavy atom. The third kappa shape index (κ3) is 3.19. The molecule has 0 saturated carbocycles. The molecule has 136 valence electrons. The molecule has 1 aliphatic heterocycles. The van der Waals surface area contributed by atoms with Crippen LogP contribution in [0, 0.1) is 13.8 Å². The van der Waals surface area contributed by atoms with Gasteiger partial charge in [-0.25, -0.2) is 0 Å². The molecule has 1 aliphatic rings. The summed E-state index contributed by atoms with van der Waals surface area (Å²) in [6.45, 7) is 4.77. The molecule has 0 bridgehead atoms. The Balaban J connectivity index is 1.55. The normalized spacial score (nSPS) is 15.4. The molecule has 27 heavy (non-hydrogen) atoms. The van der Waals surface area contributed by atoms with Crippen molar-refractivity contribution in [3.05, 3.63) is 88.7 Å². The second-order valence-electron chi connectivity index (χ2n) is 7.12. The third-order valence-corrected chi connectivity index (χ3v) is 5.37. The molecule has 0 radical (unpaired) electrons.